The van der Waals surface area contributed by atoms with Crippen LogP contribution in [0.2, 0.25) is 0 Å². The van der Waals surface area contributed by atoms with Gasteiger partial charge in [-0.05, 0) is 26.3 Å². The van der Waals surface area contributed by atoms with E-state index in [1.807, 2.05) is 18.8 Å². The van der Waals surface area contributed by atoms with E-state index in [0.717, 1.165) is 31.4 Å². The van der Waals surface area contributed by atoms with Crippen LogP contribution in [-0.4, -0.2) is 34.9 Å². The first-order valence-corrected chi connectivity index (χ1v) is 5.60. The molecule has 1 aromatic rings. The van der Waals surface area contributed by atoms with Crippen LogP contribution in [0.1, 0.15) is 25.1 Å². The van der Waals surface area contributed by atoms with Crippen LogP contribution in [0.25, 0.3) is 0 Å². The van der Waals surface area contributed by atoms with Gasteiger partial charge in [-0.3, -0.25) is 0 Å². The summed E-state index contributed by atoms with van der Waals surface area (Å²) in [5.74, 6) is 1.89. The summed E-state index contributed by atoms with van der Waals surface area (Å²) >= 11 is 0. The number of rotatable bonds is 3. The molecule has 0 aromatic carbocycles. The average Bonchev–Trinajstić information content (AvgIpc) is 2.63. The van der Waals surface area contributed by atoms with Crippen molar-refractivity contribution in [1.29, 1.82) is 0 Å². The van der Waals surface area contributed by atoms with Crippen molar-refractivity contribution in [3.8, 4) is 0 Å². The lowest BCUT2D eigenvalue weighted by molar-refractivity contribution is 0.566. The van der Waals surface area contributed by atoms with E-state index in [1.54, 1.807) is 0 Å². The Bertz CT molecular complexity index is 314. The Morgan fingerprint density at radius 1 is 1.27 bits per heavy atom. The van der Waals surface area contributed by atoms with Gasteiger partial charge in [0.05, 0.1) is 6.54 Å². The highest BCUT2D eigenvalue weighted by Gasteiger charge is 2.16. The molecule has 2 heterocycles. The van der Waals surface area contributed by atoms with E-state index in [9.17, 15) is 0 Å². The quantitative estimate of drug-likeness (QED) is 0.788. The van der Waals surface area contributed by atoms with Crippen LogP contribution in [0.4, 0.5) is 5.95 Å². The Kier molecular flexibility index (Phi) is 3.20. The van der Waals surface area contributed by atoms with E-state index in [0.29, 0.717) is 0 Å². The predicted octanol–water partition coefficient (Wildman–Crippen LogP) is 0.525. The molecule has 0 atom stereocenters. The smallest absolute Gasteiger partial charge is 0.244 e. The summed E-state index contributed by atoms with van der Waals surface area (Å²) in [4.78, 5) is 6.82. The van der Waals surface area contributed by atoms with Crippen LogP contribution in [0.15, 0.2) is 0 Å². The number of aryl methyl sites for hydroxylation is 1. The number of hydrogen-bond donors (Lipinski definition) is 1. The molecule has 0 saturated carbocycles. The van der Waals surface area contributed by atoms with Crippen molar-refractivity contribution in [3.05, 3.63) is 5.82 Å². The van der Waals surface area contributed by atoms with Crippen LogP contribution in [0.5, 0.6) is 0 Å². The van der Waals surface area contributed by atoms with Gasteiger partial charge in [0.15, 0.2) is 0 Å². The third kappa shape index (κ3) is 2.28. The maximum absolute atomic E-state index is 4.54. The lowest BCUT2D eigenvalue weighted by Crippen LogP contribution is -2.30. The van der Waals surface area contributed by atoms with Crippen molar-refractivity contribution in [2.24, 2.45) is 7.05 Å². The highest BCUT2D eigenvalue weighted by molar-refractivity contribution is 5.29. The van der Waals surface area contributed by atoms with E-state index in [4.69, 9.17) is 0 Å². The molecule has 0 bridgehead atoms. The van der Waals surface area contributed by atoms with Gasteiger partial charge in [0, 0.05) is 20.1 Å². The molecule has 0 unspecified atom stereocenters. The third-order valence-electron chi connectivity index (χ3n) is 2.82. The van der Waals surface area contributed by atoms with Crippen LogP contribution in [0, 0.1) is 0 Å². The van der Waals surface area contributed by atoms with Crippen LogP contribution < -0.4 is 10.2 Å². The van der Waals surface area contributed by atoms with Crippen molar-refractivity contribution in [2.45, 2.75) is 25.8 Å². The zero-order chi connectivity index (χ0) is 10.7. The lowest BCUT2D eigenvalue weighted by atomic mass is 10.1. The van der Waals surface area contributed by atoms with Crippen molar-refractivity contribution in [1.82, 2.24) is 20.1 Å². The summed E-state index contributed by atoms with van der Waals surface area (Å²) in [6.45, 7) is 2.98. The average molecular weight is 209 g/mol. The minimum atomic E-state index is 0.775. The monoisotopic (exact) mass is 209 g/mol. The molecule has 1 fully saturated rings. The van der Waals surface area contributed by atoms with Crippen molar-refractivity contribution < 1.29 is 0 Å². The van der Waals surface area contributed by atoms with Crippen LogP contribution >= 0.6 is 0 Å². The van der Waals surface area contributed by atoms with Crippen LogP contribution in [0.3, 0.4) is 0 Å². The summed E-state index contributed by atoms with van der Waals surface area (Å²) in [6, 6.07) is 0. The predicted molar refractivity (Wildman–Crippen MR) is 59.8 cm³/mol. The highest BCUT2D eigenvalue weighted by atomic mass is 15.4. The largest absolute Gasteiger partial charge is 0.340 e. The first kappa shape index (κ1) is 10.4. The fourth-order valence-electron chi connectivity index (χ4n) is 1.94. The summed E-state index contributed by atoms with van der Waals surface area (Å²) < 4.78 is 1.86. The first-order chi connectivity index (χ1) is 7.31. The fraction of sp³-hybridized carbons (Fsp3) is 0.800. The molecule has 0 aliphatic carbocycles. The third-order valence-corrected chi connectivity index (χ3v) is 2.82. The molecule has 5 heteroatoms. The van der Waals surface area contributed by atoms with Gasteiger partial charge < -0.3 is 10.2 Å². The molecule has 0 radical (unpaired) electrons. The standard InChI is InChI=1S/C10H19N5/c1-11-8-9-12-10(13-14(9)2)15-6-4-3-5-7-15/h11H,3-8H2,1-2H3. The summed E-state index contributed by atoms with van der Waals surface area (Å²) in [6.07, 6.45) is 3.87. The Morgan fingerprint density at radius 2 is 2.00 bits per heavy atom. The van der Waals surface area contributed by atoms with Gasteiger partial charge in [0.2, 0.25) is 5.95 Å². The lowest BCUT2D eigenvalue weighted by Gasteiger charge is -2.24. The Hall–Kier alpha value is -1.10. The van der Waals surface area contributed by atoms with Gasteiger partial charge in [0.1, 0.15) is 5.82 Å². The summed E-state index contributed by atoms with van der Waals surface area (Å²) in [7, 11) is 3.88. The zero-order valence-corrected chi connectivity index (χ0v) is 9.53. The highest BCUT2D eigenvalue weighted by Crippen LogP contribution is 2.15. The Balaban J connectivity index is 2.10. The molecule has 2 rings (SSSR count). The number of piperidine rings is 1. The second-order valence-corrected chi connectivity index (χ2v) is 4.03. The molecule has 1 saturated heterocycles. The summed E-state index contributed by atoms with van der Waals surface area (Å²) in [5.41, 5.74) is 0. The topological polar surface area (TPSA) is 46.0 Å². The fourth-order valence-corrected chi connectivity index (χ4v) is 1.94. The first-order valence-electron chi connectivity index (χ1n) is 5.60. The Labute approximate surface area is 90.5 Å². The van der Waals surface area contributed by atoms with Crippen molar-refractivity contribution in [2.75, 3.05) is 25.0 Å². The summed E-state index contributed by atoms with van der Waals surface area (Å²) in [5, 5.41) is 7.54. The second-order valence-electron chi connectivity index (χ2n) is 4.03. The van der Waals surface area contributed by atoms with Crippen molar-refractivity contribution >= 4 is 5.95 Å². The minimum Gasteiger partial charge on any atom is -0.340 e. The molecule has 1 aliphatic rings. The zero-order valence-electron chi connectivity index (χ0n) is 9.53. The van der Waals surface area contributed by atoms with Gasteiger partial charge in [-0.2, -0.15) is 4.98 Å². The van der Waals surface area contributed by atoms with Gasteiger partial charge in [-0.25, -0.2) is 4.68 Å². The molecular weight excluding hydrogens is 190 g/mol. The van der Waals surface area contributed by atoms with E-state index < -0.39 is 0 Å². The number of hydrogen-bond acceptors (Lipinski definition) is 4. The molecule has 5 nitrogen and oxygen atoms in total. The molecule has 1 N–H and O–H groups in total. The number of nitrogens with zero attached hydrogens (tertiary/aromatic N) is 4. The molecule has 84 valence electrons. The van der Waals surface area contributed by atoms with Gasteiger partial charge >= 0.3 is 0 Å². The molecule has 1 aromatic heterocycles. The van der Waals surface area contributed by atoms with E-state index in [1.165, 1.54) is 19.3 Å². The molecular formula is C10H19N5. The molecule has 15 heavy (non-hydrogen) atoms. The number of anilines is 1. The van der Waals surface area contributed by atoms with E-state index in [-0.39, 0.29) is 0 Å². The van der Waals surface area contributed by atoms with Gasteiger partial charge in [-0.1, -0.05) is 0 Å². The Morgan fingerprint density at radius 3 is 2.67 bits per heavy atom. The van der Waals surface area contributed by atoms with E-state index >= 15 is 0 Å². The van der Waals surface area contributed by atoms with Crippen molar-refractivity contribution in [3.63, 3.8) is 0 Å². The minimum absolute atomic E-state index is 0.775. The normalized spacial score (nSPS) is 17.1. The van der Waals surface area contributed by atoms with Gasteiger partial charge in [-0.15, -0.1) is 5.10 Å². The van der Waals surface area contributed by atoms with Crippen LogP contribution in [-0.2, 0) is 13.6 Å². The van der Waals surface area contributed by atoms with Gasteiger partial charge in [0.25, 0.3) is 0 Å². The molecule has 0 amide bonds. The maximum Gasteiger partial charge on any atom is 0.244 e. The number of aromatic nitrogens is 3. The second kappa shape index (κ2) is 4.61. The van der Waals surface area contributed by atoms with E-state index in [2.05, 4.69) is 20.3 Å². The SMILES string of the molecule is CNCc1nc(N2CCCCC2)nn1C. The molecule has 0 spiro atoms. The molecule has 1 aliphatic heterocycles. The maximum atomic E-state index is 4.54. The number of nitrogens with one attached hydrogen (secondary N) is 1.